The summed E-state index contributed by atoms with van der Waals surface area (Å²) in [6, 6.07) is 6.76. The third-order valence-electron chi connectivity index (χ3n) is 1.21. The summed E-state index contributed by atoms with van der Waals surface area (Å²) in [6.07, 6.45) is 0. The fourth-order valence-corrected chi connectivity index (χ4v) is 0.810. The van der Waals surface area contributed by atoms with E-state index in [1.54, 1.807) is 18.2 Å². The van der Waals surface area contributed by atoms with Crippen molar-refractivity contribution in [2.24, 2.45) is 0 Å². The Balaban J connectivity index is 0.000001000. The van der Waals surface area contributed by atoms with E-state index in [1.165, 1.54) is 0 Å². The second-order valence-corrected chi connectivity index (χ2v) is 2.06. The number of rotatable bonds is 2. The van der Waals surface area contributed by atoms with E-state index in [1.807, 2.05) is 13.0 Å². The monoisotopic (exact) mass is 159 g/mol. The first-order valence-corrected chi connectivity index (χ1v) is 3.34. The Morgan fingerprint density at radius 2 is 2.18 bits per heavy atom. The van der Waals surface area contributed by atoms with Gasteiger partial charge in [-0.3, -0.25) is 0 Å². The molecule has 11 heavy (non-hydrogen) atoms. The standard InChI is InChI=1S/C8H11NO.Na/c1-2-9-7-4-3-5-8(10)6-7;/h3-6,9-10H,2H2,1H3;/q;+1/p-1. The van der Waals surface area contributed by atoms with Crippen molar-refractivity contribution in [3.63, 3.8) is 0 Å². The van der Waals surface area contributed by atoms with Crippen molar-refractivity contribution < 1.29 is 34.7 Å². The number of anilines is 1. The molecule has 0 saturated heterocycles. The maximum Gasteiger partial charge on any atom is 1.00 e. The first kappa shape index (κ1) is 10.8. The van der Waals surface area contributed by atoms with Gasteiger partial charge < -0.3 is 10.4 Å². The van der Waals surface area contributed by atoms with Crippen molar-refractivity contribution in [3.8, 4) is 5.75 Å². The molecule has 0 spiro atoms. The number of hydrogen-bond acceptors (Lipinski definition) is 2. The molecule has 0 bridgehead atoms. The minimum atomic E-state index is 0. The first-order valence-electron chi connectivity index (χ1n) is 3.34. The normalized spacial score (nSPS) is 8.45. The second-order valence-electron chi connectivity index (χ2n) is 2.06. The van der Waals surface area contributed by atoms with E-state index in [-0.39, 0.29) is 35.3 Å². The SMILES string of the molecule is CCNc1cccc([O-])c1.[Na+]. The Morgan fingerprint density at radius 1 is 1.45 bits per heavy atom. The number of hydrogen-bond donors (Lipinski definition) is 1. The summed E-state index contributed by atoms with van der Waals surface area (Å²) >= 11 is 0. The molecule has 0 unspecified atom stereocenters. The van der Waals surface area contributed by atoms with Crippen LogP contribution in [0.1, 0.15) is 6.92 Å². The second kappa shape index (κ2) is 5.47. The third-order valence-corrected chi connectivity index (χ3v) is 1.21. The Bertz CT molecular complexity index is 215. The molecule has 1 N–H and O–H groups in total. The van der Waals surface area contributed by atoms with Crippen molar-refractivity contribution in [3.05, 3.63) is 24.3 Å². The predicted molar refractivity (Wildman–Crippen MR) is 40.1 cm³/mol. The molecule has 1 rings (SSSR count). The van der Waals surface area contributed by atoms with Crippen LogP contribution in [0.5, 0.6) is 5.75 Å². The molecule has 1 aromatic carbocycles. The summed E-state index contributed by atoms with van der Waals surface area (Å²) < 4.78 is 0. The van der Waals surface area contributed by atoms with Gasteiger partial charge in [-0.05, 0) is 19.1 Å². The summed E-state index contributed by atoms with van der Waals surface area (Å²) in [7, 11) is 0. The summed E-state index contributed by atoms with van der Waals surface area (Å²) in [6.45, 7) is 2.85. The molecule has 2 nitrogen and oxygen atoms in total. The molecule has 0 aliphatic heterocycles. The molecular weight excluding hydrogens is 149 g/mol. The maximum atomic E-state index is 10.7. The van der Waals surface area contributed by atoms with Crippen LogP contribution < -0.4 is 40.0 Å². The fraction of sp³-hybridized carbons (Fsp3) is 0.250. The molecule has 0 radical (unpaired) electrons. The van der Waals surface area contributed by atoms with Crippen molar-refractivity contribution in [1.29, 1.82) is 0 Å². The molecule has 0 fully saturated rings. The molecule has 1 aromatic rings. The van der Waals surface area contributed by atoms with Crippen LogP contribution in [0, 0.1) is 0 Å². The molecule has 3 heteroatoms. The van der Waals surface area contributed by atoms with Crippen molar-refractivity contribution in [2.75, 3.05) is 11.9 Å². The topological polar surface area (TPSA) is 35.1 Å². The van der Waals surface area contributed by atoms with Crippen LogP contribution in [0.3, 0.4) is 0 Å². The quantitative estimate of drug-likeness (QED) is 0.516. The maximum absolute atomic E-state index is 10.7. The largest absolute Gasteiger partial charge is 1.00 e. The summed E-state index contributed by atoms with van der Waals surface area (Å²) in [4.78, 5) is 0. The van der Waals surface area contributed by atoms with Gasteiger partial charge in [0.1, 0.15) is 0 Å². The summed E-state index contributed by atoms with van der Waals surface area (Å²) in [5.74, 6) is 0.0541. The third kappa shape index (κ3) is 3.65. The molecule has 0 heterocycles. The van der Waals surface area contributed by atoms with Gasteiger partial charge >= 0.3 is 29.6 Å². The number of nitrogens with one attached hydrogen (secondary N) is 1. The van der Waals surface area contributed by atoms with Crippen LogP contribution in [-0.4, -0.2) is 6.54 Å². The van der Waals surface area contributed by atoms with Gasteiger partial charge in [0.2, 0.25) is 0 Å². The van der Waals surface area contributed by atoms with Crippen LogP contribution >= 0.6 is 0 Å². The molecule has 0 atom stereocenters. The first-order chi connectivity index (χ1) is 4.83. The van der Waals surface area contributed by atoms with Gasteiger partial charge in [-0.15, -0.1) is 5.75 Å². The molecule has 0 aromatic heterocycles. The smallest absolute Gasteiger partial charge is 0.872 e. The van der Waals surface area contributed by atoms with Gasteiger partial charge in [-0.2, -0.15) is 0 Å². The van der Waals surface area contributed by atoms with Gasteiger partial charge in [0, 0.05) is 12.2 Å². The summed E-state index contributed by atoms with van der Waals surface area (Å²) in [5, 5.41) is 13.8. The zero-order chi connectivity index (χ0) is 7.40. The van der Waals surface area contributed by atoms with Crippen molar-refractivity contribution >= 4 is 5.69 Å². The van der Waals surface area contributed by atoms with E-state index < -0.39 is 0 Å². The van der Waals surface area contributed by atoms with Crippen molar-refractivity contribution in [2.45, 2.75) is 6.92 Å². The Morgan fingerprint density at radius 3 is 2.73 bits per heavy atom. The Hall–Kier alpha value is -0.180. The van der Waals surface area contributed by atoms with E-state index in [9.17, 15) is 5.11 Å². The van der Waals surface area contributed by atoms with Crippen LogP contribution in [0.25, 0.3) is 0 Å². The molecular formula is C8H10NNaO. The minimum absolute atomic E-state index is 0. The van der Waals surface area contributed by atoms with Crippen LogP contribution in [-0.2, 0) is 0 Å². The van der Waals surface area contributed by atoms with E-state index in [0.717, 1.165) is 12.2 Å². The van der Waals surface area contributed by atoms with E-state index in [2.05, 4.69) is 5.32 Å². The van der Waals surface area contributed by atoms with Gasteiger partial charge in [0.05, 0.1) is 0 Å². The van der Waals surface area contributed by atoms with Gasteiger partial charge in [-0.1, -0.05) is 12.1 Å². The van der Waals surface area contributed by atoms with E-state index in [4.69, 9.17) is 0 Å². The Kier molecular flexibility index (Phi) is 5.38. The van der Waals surface area contributed by atoms with Gasteiger partial charge in [0.25, 0.3) is 0 Å². The molecule has 0 amide bonds. The zero-order valence-electron chi connectivity index (χ0n) is 6.92. The van der Waals surface area contributed by atoms with Gasteiger partial charge in [0.15, 0.2) is 0 Å². The van der Waals surface area contributed by atoms with E-state index >= 15 is 0 Å². The minimum Gasteiger partial charge on any atom is -0.872 e. The van der Waals surface area contributed by atoms with Gasteiger partial charge in [-0.25, -0.2) is 0 Å². The summed E-state index contributed by atoms with van der Waals surface area (Å²) in [5.41, 5.74) is 0.898. The number of benzene rings is 1. The predicted octanol–water partition coefficient (Wildman–Crippen LogP) is -1.80. The average Bonchev–Trinajstić information content (AvgIpc) is 1.88. The molecule has 0 saturated carbocycles. The van der Waals surface area contributed by atoms with E-state index in [0.29, 0.717) is 0 Å². The van der Waals surface area contributed by atoms with Crippen LogP contribution in [0.15, 0.2) is 24.3 Å². The van der Waals surface area contributed by atoms with Crippen LogP contribution in [0.2, 0.25) is 0 Å². The molecule has 0 aliphatic carbocycles. The molecule has 0 aliphatic rings. The van der Waals surface area contributed by atoms with Crippen molar-refractivity contribution in [1.82, 2.24) is 0 Å². The average molecular weight is 159 g/mol. The Labute approximate surface area is 88.9 Å². The van der Waals surface area contributed by atoms with Crippen LogP contribution in [0.4, 0.5) is 5.69 Å². The molecule has 54 valence electrons. The zero-order valence-corrected chi connectivity index (χ0v) is 8.92. The fourth-order valence-electron chi connectivity index (χ4n) is 0.810.